The molecule has 2 aliphatic rings. The van der Waals surface area contributed by atoms with Gasteiger partial charge in [-0.1, -0.05) is 6.07 Å². The van der Waals surface area contributed by atoms with Crippen molar-refractivity contribution in [2.75, 3.05) is 19.6 Å². The van der Waals surface area contributed by atoms with Gasteiger partial charge >= 0.3 is 6.09 Å². The normalized spacial score (nSPS) is 26.1. The molecular formula is C15H18N4O2S. The molecular weight excluding hydrogens is 300 g/mol. The van der Waals surface area contributed by atoms with Crippen LogP contribution in [0.1, 0.15) is 24.8 Å². The topological polar surface area (TPSA) is 67.4 Å². The van der Waals surface area contributed by atoms with E-state index in [1.807, 2.05) is 6.07 Å². The molecule has 1 atom stereocenters. The van der Waals surface area contributed by atoms with Crippen LogP contribution in [-0.2, 0) is 11.3 Å². The lowest BCUT2D eigenvalue weighted by Gasteiger charge is -2.25. The van der Waals surface area contributed by atoms with Gasteiger partial charge in [0.05, 0.1) is 18.3 Å². The van der Waals surface area contributed by atoms with Crippen LogP contribution in [0.3, 0.4) is 0 Å². The Morgan fingerprint density at radius 3 is 3.05 bits per heavy atom. The van der Waals surface area contributed by atoms with Crippen molar-refractivity contribution in [1.29, 1.82) is 0 Å². The Balaban J connectivity index is 1.44. The summed E-state index contributed by atoms with van der Waals surface area (Å²) in [6.45, 7) is 3.54. The summed E-state index contributed by atoms with van der Waals surface area (Å²) in [6.07, 6.45) is 2.62. The third-order valence-electron chi connectivity index (χ3n) is 4.58. The number of rotatable bonds is 2. The van der Waals surface area contributed by atoms with Crippen molar-refractivity contribution in [1.82, 2.24) is 19.0 Å². The van der Waals surface area contributed by atoms with Crippen LogP contribution in [0.5, 0.6) is 0 Å². The second-order valence-electron chi connectivity index (χ2n) is 6.14. The van der Waals surface area contributed by atoms with E-state index in [0.29, 0.717) is 6.54 Å². The zero-order chi connectivity index (χ0) is 15.0. The summed E-state index contributed by atoms with van der Waals surface area (Å²) < 4.78 is 14.1. The molecule has 3 heterocycles. The van der Waals surface area contributed by atoms with Crippen molar-refractivity contribution in [2.45, 2.75) is 31.4 Å². The van der Waals surface area contributed by atoms with Gasteiger partial charge in [-0.2, -0.15) is 8.75 Å². The maximum atomic E-state index is 11.3. The van der Waals surface area contributed by atoms with Crippen molar-refractivity contribution < 1.29 is 9.53 Å². The number of hydrogen-bond donors (Lipinski definition) is 1. The monoisotopic (exact) mass is 318 g/mol. The van der Waals surface area contributed by atoms with E-state index >= 15 is 0 Å². The van der Waals surface area contributed by atoms with Crippen LogP contribution >= 0.6 is 11.7 Å². The van der Waals surface area contributed by atoms with Crippen molar-refractivity contribution >= 4 is 28.9 Å². The standard InChI is InChI=1S/C15H18N4O2S/c20-14-16-10-15(21-14)4-1-6-19(7-5-15)9-11-2-3-12-13(8-11)18-22-17-12/h2-3,8H,1,4-7,9-10H2,(H,16,20)/t15-/m1/s1. The number of ether oxygens (including phenoxy) is 1. The smallest absolute Gasteiger partial charge is 0.407 e. The van der Waals surface area contributed by atoms with Gasteiger partial charge in [-0.25, -0.2) is 4.79 Å². The highest BCUT2D eigenvalue weighted by molar-refractivity contribution is 7.00. The largest absolute Gasteiger partial charge is 0.441 e. The molecule has 1 spiro atoms. The number of carbonyl (C=O) groups is 1. The predicted octanol–water partition coefficient (Wildman–Crippen LogP) is 2.16. The maximum Gasteiger partial charge on any atom is 0.407 e. The molecule has 2 fully saturated rings. The summed E-state index contributed by atoms with van der Waals surface area (Å²) in [7, 11) is 0. The highest BCUT2D eigenvalue weighted by Gasteiger charge is 2.41. The van der Waals surface area contributed by atoms with E-state index in [-0.39, 0.29) is 11.7 Å². The van der Waals surface area contributed by atoms with Crippen LogP contribution in [0.4, 0.5) is 4.79 Å². The molecule has 0 radical (unpaired) electrons. The molecule has 0 saturated carbocycles. The summed E-state index contributed by atoms with van der Waals surface area (Å²) >= 11 is 1.25. The van der Waals surface area contributed by atoms with Crippen LogP contribution in [-0.4, -0.2) is 45.0 Å². The molecule has 116 valence electrons. The fourth-order valence-electron chi connectivity index (χ4n) is 3.35. The lowest BCUT2D eigenvalue weighted by Crippen LogP contribution is -2.34. The van der Waals surface area contributed by atoms with Gasteiger partial charge in [0.25, 0.3) is 0 Å². The first kappa shape index (κ1) is 13.9. The number of likely N-dealkylation sites (tertiary alicyclic amines) is 1. The van der Waals surface area contributed by atoms with E-state index in [0.717, 1.165) is 49.9 Å². The Labute approximate surface area is 132 Å². The first-order valence-electron chi connectivity index (χ1n) is 7.63. The molecule has 2 aromatic rings. The quantitative estimate of drug-likeness (QED) is 0.919. The Kier molecular flexibility index (Phi) is 3.46. The molecule has 4 rings (SSSR count). The van der Waals surface area contributed by atoms with Crippen molar-refractivity contribution in [3.8, 4) is 0 Å². The SMILES string of the molecule is O=C1NC[C@]2(CCCN(Cc3ccc4nsnc4c3)CC2)O1. The van der Waals surface area contributed by atoms with Gasteiger partial charge in [0.15, 0.2) is 0 Å². The predicted molar refractivity (Wildman–Crippen MR) is 83.8 cm³/mol. The van der Waals surface area contributed by atoms with Crippen LogP contribution in [0.25, 0.3) is 11.0 Å². The maximum absolute atomic E-state index is 11.3. The Bertz CT molecular complexity index is 704. The molecule has 6 nitrogen and oxygen atoms in total. The lowest BCUT2D eigenvalue weighted by atomic mass is 9.95. The molecule has 0 aliphatic carbocycles. The third-order valence-corrected chi connectivity index (χ3v) is 5.14. The fourth-order valence-corrected chi connectivity index (χ4v) is 3.86. The summed E-state index contributed by atoms with van der Waals surface area (Å²) in [5.41, 5.74) is 2.92. The number of carbonyl (C=O) groups excluding carboxylic acids is 1. The number of benzene rings is 1. The number of hydrogen-bond acceptors (Lipinski definition) is 6. The molecule has 1 aromatic heterocycles. The number of alkyl carbamates (subject to hydrolysis) is 1. The van der Waals surface area contributed by atoms with E-state index in [1.165, 1.54) is 17.3 Å². The second-order valence-corrected chi connectivity index (χ2v) is 6.67. The molecule has 0 bridgehead atoms. The Hall–Kier alpha value is -1.73. The van der Waals surface area contributed by atoms with E-state index in [9.17, 15) is 4.79 Å². The molecule has 22 heavy (non-hydrogen) atoms. The van der Waals surface area contributed by atoms with Gasteiger partial charge in [0.2, 0.25) is 0 Å². The zero-order valence-electron chi connectivity index (χ0n) is 12.2. The van der Waals surface area contributed by atoms with Crippen molar-refractivity contribution in [2.24, 2.45) is 0 Å². The summed E-state index contributed by atoms with van der Waals surface area (Å²) in [5.74, 6) is 0. The van der Waals surface area contributed by atoms with Gasteiger partial charge in [-0.15, -0.1) is 0 Å². The molecule has 1 N–H and O–H groups in total. The van der Waals surface area contributed by atoms with Crippen molar-refractivity contribution in [3.05, 3.63) is 23.8 Å². The number of amides is 1. The molecule has 1 amide bonds. The van der Waals surface area contributed by atoms with Gasteiger partial charge in [-0.05, 0) is 37.1 Å². The number of nitrogens with zero attached hydrogens (tertiary/aromatic N) is 3. The molecule has 1 aromatic carbocycles. The molecule has 2 aliphatic heterocycles. The van der Waals surface area contributed by atoms with E-state index in [1.54, 1.807) is 0 Å². The lowest BCUT2D eigenvalue weighted by molar-refractivity contribution is 0.0443. The van der Waals surface area contributed by atoms with Crippen LogP contribution in [0, 0.1) is 0 Å². The van der Waals surface area contributed by atoms with Gasteiger partial charge < -0.3 is 10.1 Å². The van der Waals surface area contributed by atoms with Gasteiger partial charge in [0, 0.05) is 19.5 Å². The van der Waals surface area contributed by atoms with Crippen molar-refractivity contribution in [3.63, 3.8) is 0 Å². The first-order chi connectivity index (χ1) is 10.7. The molecule has 0 unspecified atom stereocenters. The number of aromatic nitrogens is 2. The average molecular weight is 318 g/mol. The molecule has 2 saturated heterocycles. The second kappa shape index (κ2) is 5.48. The Morgan fingerprint density at radius 2 is 2.18 bits per heavy atom. The zero-order valence-corrected chi connectivity index (χ0v) is 13.1. The van der Waals surface area contributed by atoms with E-state index in [2.05, 4.69) is 31.1 Å². The fraction of sp³-hybridized carbons (Fsp3) is 0.533. The highest BCUT2D eigenvalue weighted by Crippen LogP contribution is 2.29. The van der Waals surface area contributed by atoms with Crippen LogP contribution < -0.4 is 5.32 Å². The van der Waals surface area contributed by atoms with Gasteiger partial charge in [-0.3, -0.25) is 4.90 Å². The highest BCUT2D eigenvalue weighted by atomic mass is 32.1. The summed E-state index contributed by atoms with van der Waals surface area (Å²) in [5, 5.41) is 2.80. The molecule has 7 heteroatoms. The van der Waals surface area contributed by atoms with E-state index in [4.69, 9.17) is 4.74 Å². The number of nitrogens with one attached hydrogen (secondary N) is 1. The van der Waals surface area contributed by atoms with Crippen LogP contribution in [0.2, 0.25) is 0 Å². The van der Waals surface area contributed by atoms with E-state index < -0.39 is 0 Å². The summed E-state index contributed by atoms with van der Waals surface area (Å²) in [6, 6.07) is 6.29. The van der Waals surface area contributed by atoms with Gasteiger partial charge in [0.1, 0.15) is 16.6 Å². The first-order valence-corrected chi connectivity index (χ1v) is 8.36. The average Bonchev–Trinajstić information content (AvgIpc) is 3.06. The minimum atomic E-state index is -0.283. The minimum Gasteiger partial charge on any atom is -0.441 e. The third kappa shape index (κ3) is 2.66. The minimum absolute atomic E-state index is 0.269. The number of fused-ring (bicyclic) bond motifs is 1. The Morgan fingerprint density at radius 1 is 1.27 bits per heavy atom. The van der Waals surface area contributed by atoms with Crippen LogP contribution in [0.15, 0.2) is 18.2 Å². The summed E-state index contributed by atoms with van der Waals surface area (Å²) in [4.78, 5) is 13.8.